The Kier molecular flexibility index (Phi) is 7.40. The van der Waals surface area contributed by atoms with Gasteiger partial charge in [0.1, 0.15) is 11.8 Å². The summed E-state index contributed by atoms with van der Waals surface area (Å²) in [4.78, 5) is 10.5. The highest BCUT2D eigenvalue weighted by Gasteiger charge is 2.11. The number of methoxy groups -OCH3 is 1. The second-order valence-corrected chi connectivity index (χ2v) is 5.73. The van der Waals surface area contributed by atoms with Gasteiger partial charge >= 0.3 is 5.97 Å². The molecular formula is C22H23NO3. The highest BCUT2D eigenvalue weighted by Crippen LogP contribution is 2.17. The van der Waals surface area contributed by atoms with Gasteiger partial charge in [-0.3, -0.25) is 4.79 Å². The molecule has 0 bridgehead atoms. The fourth-order valence-corrected chi connectivity index (χ4v) is 2.36. The van der Waals surface area contributed by atoms with Gasteiger partial charge in [-0.2, -0.15) is 0 Å². The second kappa shape index (κ2) is 10.0. The number of ether oxygens (including phenoxy) is 1. The van der Waals surface area contributed by atoms with Crippen molar-refractivity contribution >= 4 is 5.97 Å². The van der Waals surface area contributed by atoms with Crippen LogP contribution in [0.4, 0.5) is 0 Å². The van der Waals surface area contributed by atoms with Crippen molar-refractivity contribution in [3.8, 4) is 16.9 Å². The Bertz CT molecular complexity index is 749. The molecular weight excluding hydrogens is 326 g/mol. The van der Waals surface area contributed by atoms with Gasteiger partial charge in [-0.1, -0.05) is 72.8 Å². The van der Waals surface area contributed by atoms with E-state index in [4.69, 9.17) is 15.6 Å². The third-order valence-corrected chi connectivity index (χ3v) is 3.81. The monoisotopic (exact) mass is 349 g/mol. The molecule has 0 unspecified atom stereocenters. The molecule has 0 heterocycles. The van der Waals surface area contributed by atoms with Gasteiger partial charge in [-0.15, -0.1) is 0 Å². The summed E-state index contributed by atoms with van der Waals surface area (Å²) in [5.74, 6) is -0.238. The zero-order chi connectivity index (χ0) is 18.8. The van der Waals surface area contributed by atoms with Gasteiger partial charge in [-0.25, -0.2) is 0 Å². The molecule has 0 spiro atoms. The molecule has 4 nitrogen and oxygen atoms in total. The van der Waals surface area contributed by atoms with E-state index >= 15 is 0 Å². The Labute approximate surface area is 153 Å². The first-order valence-electron chi connectivity index (χ1n) is 8.32. The molecule has 0 aromatic heterocycles. The van der Waals surface area contributed by atoms with Gasteiger partial charge in [0, 0.05) is 0 Å². The van der Waals surface area contributed by atoms with Crippen LogP contribution in [0.25, 0.3) is 11.1 Å². The Hall–Kier alpha value is -3.11. The largest absolute Gasteiger partial charge is 0.497 e. The summed E-state index contributed by atoms with van der Waals surface area (Å²) in [6.45, 7) is 0. The minimum Gasteiger partial charge on any atom is -0.497 e. The molecule has 0 saturated carbocycles. The lowest BCUT2D eigenvalue weighted by molar-refractivity contribution is -0.138. The number of hydrogen-bond donors (Lipinski definition) is 2. The summed E-state index contributed by atoms with van der Waals surface area (Å²) >= 11 is 0. The summed E-state index contributed by atoms with van der Waals surface area (Å²) in [5.41, 5.74) is 8.83. The van der Waals surface area contributed by atoms with Crippen LogP contribution < -0.4 is 10.5 Å². The first-order valence-corrected chi connectivity index (χ1v) is 8.32. The van der Waals surface area contributed by atoms with Crippen LogP contribution in [-0.4, -0.2) is 24.2 Å². The van der Waals surface area contributed by atoms with E-state index in [2.05, 4.69) is 48.5 Å². The molecule has 0 radical (unpaired) electrons. The number of benzene rings is 3. The highest BCUT2D eigenvalue weighted by atomic mass is 16.5. The predicted molar refractivity (Wildman–Crippen MR) is 104 cm³/mol. The van der Waals surface area contributed by atoms with Crippen molar-refractivity contribution in [3.05, 3.63) is 90.5 Å². The van der Waals surface area contributed by atoms with Gasteiger partial charge < -0.3 is 15.6 Å². The van der Waals surface area contributed by atoms with Crippen LogP contribution in [0.2, 0.25) is 0 Å². The average molecular weight is 349 g/mol. The molecule has 4 heteroatoms. The normalized spacial score (nSPS) is 11.0. The fourth-order valence-electron chi connectivity index (χ4n) is 2.36. The van der Waals surface area contributed by atoms with Gasteiger partial charge in [-0.05, 0) is 35.2 Å². The Morgan fingerprint density at radius 2 is 1.35 bits per heavy atom. The molecule has 1 atom stereocenters. The molecule has 134 valence electrons. The quantitative estimate of drug-likeness (QED) is 0.730. The Morgan fingerprint density at radius 3 is 1.73 bits per heavy atom. The van der Waals surface area contributed by atoms with Crippen molar-refractivity contribution < 1.29 is 14.6 Å². The van der Waals surface area contributed by atoms with Crippen molar-refractivity contribution in [3.63, 3.8) is 0 Å². The van der Waals surface area contributed by atoms with Gasteiger partial charge in [0.15, 0.2) is 0 Å². The van der Waals surface area contributed by atoms with Gasteiger partial charge in [0.25, 0.3) is 0 Å². The van der Waals surface area contributed by atoms with Gasteiger partial charge in [0.2, 0.25) is 0 Å². The number of rotatable bonds is 5. The lowest BCUT2D eigenvalue weighted by Crippen LogP contribution is -2.32. The van der Waals surface area contributed by atoms with E-state index in [1.54, 1.807) is 19.2 Å². The third-order valence-electron chi connectivity index (χ3n) is 3.81. The van der Waals surface area contributed by atoms with Crippen LogP contribution in [0, 0.1) is 0 Å². The molecule has 3 aromatic rings. The summed E-state index contributed by atoms with van der Waals surface area (Å²) in [5, 5.41) is 8.59. The Morgan fingerprint density at radius 1 is 0.885 bits per heavy atom. The average Bonchev–Trinajstić information content (AvgIpc) is 2.70. The minimum atomic E-state index is -0.985. The molecule has 0 saturated heterocycles. The maximum absolute atomic E-state index is 10.5. The first-order chi connectivity index (χ1) is 12.6. The van der Waals surface area contributed by atoms with Crippen LogP contribution in [0.5, 0.6) is 5.75 Å². The number of aliphatic carboxylic acids is 1. The maximum Gasteiger partial charge on any atom is 0.320 e. The van der Waals surface area contributed by atoms with E-state index in [9.17, 15) is 4.79 Å². The van der Waals surface area contributed by atoms with E-state index in [1.165, 1.54) is 11.1 Å². The second-order valence-electron chi connectivity index (χ2n) is 5.73. The zero-order valence-corrected chi connectivity index (χ0v) is 14.7. The molecule has 3 N–H and O–H groups in total. The lowest BCUT2D eigenvalue weighted by Gasteiger charge is -2.06. The molecule has 0 aliphatic rings. The molecule has 0 amide bonds. The van der Waals surface area contributed by atoms with E-state index in [0.29, 0.717) is 6.42 Å². The maximum atomic E-state index is 10.5. The fraction of sp³-hybridized carbons (Fsp3) is 0.136. The topological polar surface area (TPSA) is 72.5 Å². The molecule has 0 aliphatic heterocycles. The first kappa shape index (κ1) is 19.2. The van der Waals surface area contributed by atoms with Crippen molar-refractivity contribution in [2.75, 3.05) is 7.11 Å². The van der Waals surface area contributed by atoms with Crippen molar-refractivity contribution in [2.45, 2.75) is 12.5 Å². The molecule has 26 heavy (non-hydrogen) atoms. The number of hydrogen-bond acceptors (Lipinski definition) is 3. The number of carbonyl (C=O) groups is 1. The highest BCUT2D eigenvalue weighted by molar-refractivity contribution is 5.73. The molecule has 0 aliphatic carbocycles. The van der Waals surface area contributed by atoms with Crippen molar-refractivity contribution in [2.24, 2.45) is 5.73 Å². The van der Waals surface area contributed by atoms with Crippen molar-refractivity contribution in [1.82, 2.24) is 0 Å². The summed E-state index contributed by atoms with van der Waals surface area (Å²) in [6, 6.07) is 27.1. The van der Waals surface area contributed by atoms with Crippen LogP contribution >= 0.6 is 0 Å². The van der Waals surface area contributed by atoms with Crippen molar-refractivity contribution in [1.29, 1.82) is 0 Å². The Balaban J connectivity index is 0.000000189. The van der Waals surface area contributed by atoms with E-state index in [0.717, 1.165) is 11.3 Å². The van der Waals surface area contributed by atoms with E-state index in [-0.39, 0.29) is 0 Å². The minimum absolute atomic E-state index is 0.333. The summed E-state index contributed by atoms with van der Waals surface area (Å²) < 4.78 is 4.97. The van der Waals surface area contributed by atoms with Crippen LogP contribution in [-0.2, 0) is 11.2 Å². The smallest absolute Gasteiger partial charge is 0.320 e. The SMILES string of the molecule is COc1ccc(C[C@H](N)C(=O)O)cc1.c1ccc(-c2ccccc2)cc1. The number of nitrogens with two attached hydrogens (primary N) is 1. The molecule has 3 rings (SSSR count). The van der Waals surface area contributed by atoms with E-state index in [1.807, 2.05) is 24.3 Å². The van der Waals surface area contributed by atoms with Gasteiger partial charge in [0.05, 0.1) is 7.11 Å². The molecule has 3 aromatic carbocycles. The number of carboxylic acids is 1. The standard InChI is InChI=1S/C12H10.C10H13NO3/c1-3-7-11(8-4-1)12-9-5-2-6-10-12;1-14-8-4-2-7(3-5-8)6-9(11)10(12)13/h1-10H;2-5,9H,6,11H2,1H3,(H,12,13)/t;9-/m.0/s1. The summed E-state index contributed by atoms with van der Waals surface area (Å²) in [7, 11) is 1.58. The summed E-state index contributed by atoms with van der Waals surface area (Å²) in [6.07, 6.45) is 0.333. The third kappa shape index (κ3) is 6.07. The predicted octanol–water partition coefficient (Wildman–Crippen LogP) is 4.00. The molecule has 0 fully saturated rings. The van der Waals surface area contributed by atoms with E-state index < -0.39 is 12.0 Å². The zero-order valence-electron chi connectivity index (χ0n) is 14.7. The van der Waals surface area contributed by atoms with Crippen LogP contribution in [0.1, 0.15) is 5.56 Å². The van der Waals surface area contributed by atoms with Crippen LogP contribution in [0.15, 0.2) is 84.9 Å². The number of carboxylic acid groups (broad SMARTS) is 1. The lowest BCUT2D eigenvalue weighted by atomic mass is 10.1. The van der Waals surface area contributed by atoms with Crippen LogP contribution in [0.3, 0.4) is 0 Å².